The summed E-state index contributed by atoms with van der Waals surface area (Å²) in [5, 5.41) is 7.72. The number of nitrogens with two attached hydrogens (primary N) is 1. The number of anilines is 1. The summed E-state index contributed by atoms with van der Waals surface area (Å²) in [4.78, 5) is 2.25. The van der Waals surface area contributed by atoms with E-state index in [0.717, 1.165) is 24.3 Å². The zero-order valence-corrected chi connectivity index (χ0v) is 12.4. The van der Waals surface area contributed by atoms with Crippen molar-refractivity contribution in [2.24, 2.45) is 11.7 Å². The van der Waals surface area contributed by atoms with E-state index < -0.39 is 0 Å². The third-order valence-electron chi connectivity index (χ3n) is 2.93. The quantitative estimate of drug-likeness (QED) is 0.586. The van der Waals surface area contributed by atoms with Crippen molar-refractivity contribution in [3.63, 3.8) is 0 Å². The summed E-state index contributed by atoms with van der Waals surface area (Å²) in [7, 11) is 1.70. The number of nitrogens with one attached hydrogen (secondary N) is 1. The number of nitrogens with zero attached hydrogens (tertiary/aromatic N) is 1. The first-order chi connectivity index (χ1) is 8.95. The molecule has 0 aliphatic rings. The smallest absolute Gasteiger partial charge is 0.124 e. The summed E-state index contributed by atoms with van der Waals surface area (Å²) >= 11 is 0. The maximum Gasteiger partial charge on any atom is 0.124 e. The van der Waals surface area contributed by atoms with Gasteiger partial charge in [-0.05, 0) is 30.5 Å². The fourth-order valence-electron chi connectivity index (χ4n) is 2.08. The molecular formula is C15H25N3O. The molecule has 1 rings (SSSR count). The fraction of sp³-hybridized carbons (Fsp3) is 0.533. The second-order valence-electron chi connectivity index (χ2n) is 5.27. The van der Waals surface area contributed by atoms with E-state index in [1.807, 2.05) is 12.1 Å². The predicted octanol–water partition coefficient (Wildman–Crippen LogP) is 2.39. The lowest BCUT2D eigenvalue weighted by Crippen LogP contribution is -2.33. The van der Waals surface area contributed by atoms with Crippen molar-refractivity contribution < 1.29 is 4.74 Å². The first-order valence-corrected chi connectivity index (χ1v) is 6.64. The summed E-state index contributed by atoms with van der Waals surface area (Å²) in [6.45, 7) is 8.81. The normalized spacial score (nSPS) is 10.8. The van der Waals surface area contributed by atoms with Crippen molar-refractivity contribution >= 4 is 11.5 Å². The predicted molar refractivity (Wildman–Crippen MR) is 81.1 cm³/mol. The number of benzene rings is 1. The number of hydrogen-bond acceptors (Lipinski definition) is 3. The zero-order chi connectivity index (χ0) is 14.4. The zero-order valence-electron chi connectivity index (χ0n) is 12.4. The molecule has 0 spiro atoms. The minimum absolute atomic E-state index is 0.112. The fourth-order valence-corrected chi connectivity index (χ4v) is 2.08. The lowest BCUT2D eigenvalue weighted by atomic mass is 10.1. The van der Waals surface area contributed by atoms with Crippen LogP contribution in [-0.4, -0.2) is 32.6 Å². The Morgan fingerprint density at radius 2 is 2.11 bits per heavy atom. The van der Waals surface area contributed by atoms with E-state index in [2.05, 4.69) is 31.7 Å². The topological polar surface area (TPSA) is 62.3 Å². The van der Waals surface area contributed by atoms with Crippen LogP contribution < -0.4 is 10.6 Å². The van der Waals surface area contributed by atoms with Crippen LogP contribution >= 0.6 is 0 Å². The maximum atomic E-state index is 7.72. The Kier molecular flexibility index (Phi) is 5.83. The van der Waals surface area contributed by atoms with Gasteiger partial charge in [-0.15, -0.1) is 0 Å². The van der Waals surface area contributed by atoms with Gasteiger partial charge in [0.15, 0.2) is 0 Å². The van der Waals surface area contributed by atoms with Crippen molar-refractivity contribution in [1.82, 2.24) is 0 Å². The van der Waals surface area contributed by atoms with E-state index >= 15 is 0 Å². The molecule has 0 aliphatic carbocycles. The monoisotopic (exact) mass is 263 g/mol. The Bertz CT molecular complexity index is 429. The largest absolute Gasteiger partial charge is 0.384 e. The molecule has 0 aliphatic heterocycles. The molecule has 4 nitrogen and oxygen atoms in total. The molecule has 0 saturated carbocycles. The highest BCUT2D eigenvalue weighted by atomic mass is 16.5. The standard InChI is InChI=1S/C15H25N3O/c1-11(2)10-18(7-8-19-4)14-9-12(3)5-6-13(14)15(16)17/h5-6,9,11H,7-8,10H2,1-4H3,(H3,16,17). The van der Waals surface area contributed by atoms with Gasteiger partial charge >= 0.3 is 0 Å². The van der Waals surface area contributed by atoms with Gasteiger partial charge in [0.25, 0.3) is 0 Å². The number of hydrogen-bond donors (Lipinski definition) is 2. The van der Waals surface area contributed by atoms with Crippen LogP contribution in [0.1, 0.15) is 25.0 Å². The van der Waals surface area contributed by atoms with E-state index in [1.165, 1.54) is 5.56 Å². The molecule has 0 amide bonds. The van der Waals surface area contributed by atoms with Gasteiger partial charge in [-0.2, -0.15) is 0 Å². The second kappa shape index (κ2) is 7.14. The molecule has 1 aromatic carbocycles. The van der Waals surface area contributed by atoms with Gasteiger partial charge in [0, 0.05) is 31.5 Å². The van der Waals surface area contributed by atoms with Gasteiger partial charge in [-0.25, -0.2) is 0 Å². The second-order valence-corrected chi connectivity index (χ2v) is 5.27. The summed E-state index contributed by atoms with van der Waals surface area (Å²) in [5.41, 5.74) is 8.68. The molecular weight excluding hydrogens is 238 g/mol. The highest BCUT2D eigenvalue weighted by Gasteiger charge is 2.14. The van der Waals surface area contributed by atoms with Crippen molar-refractivity contribution in [1.29, 1.82) is 5.41 Å². The van der Waals surface area contributed by atoms with Crippen molar-refractivity contribution in [2.75, 3.05) is 31.7 Å². The molecule has 0 aromatic heterocycles. The molecule has 0 saturated heterocycles. The van der Waals surface area contributed by atoms with Crippen LogP contribution in [0.5, 0.6) is 0 Å². The van der Waals surface area contributed by atoms with Crippen LogP contribution in [-0.2, 0) is 4.74 Å². The Hall–Kier alpha value is -1.55. The summed E-state index contributed by atoms with van der Waals surface area (Å²) in [6.07, 6.45) is 0. The van der Waals surface area contributed by atoms with Crippen LogP contribution in [0.25, 0.3) is 0 Å². The average molecular weight is 263 g/mol. The van der Waals surface area contributed by atoms with Crippen LogP contribution in [0.15, 0.2) is 18.2 Å². The van der Waals surface area contributed by atoms with Crippen molar-refractivity contribution in [3.8, 4) is 0 Å². The number of rotatable bonds is 7. The molecule has 0 atom stereocenters. The molecule has 3 N–H and O–H groups in total. The van der Waals surface area contributed by atoms with Crippen LogP contribution in [0.4, 0.5) is 5.69 Å². The number of amidine groups is 1. The Labute approximate surface area is 116 Å². The summed E-state index contributed by atoms with van der Waals surface area (Å²) < 4.78 is 5.18. The first-order valence-electron chi connectivity index (χ1n) is 6.64. The van der Waals surface area contributed by atoms with Gasteiger partial charge in [0.05, 0.1) is 6.61 Å². The minimum Gasteiger partial charge on any atom is -0.384 e. The minimum atomic E-state index is 0.112. The first kappa shape index (κ1) is 15.5. The van der Waals surface area contributed by atoms with E-state index in [-0.39, 0.29) is 5.84 Å². The molecule has 0 radical (unpaired) electrons. The average Bonchev–Trinajstić information content (AvgIpc) is 2.33. The van der Waals surface area contributed by atoms with E-state index in [9.17, 15) is 0 Å². The maximum absolute atomic E-state index is 7.72. The van der Waals surface area contributed by atoms with Crippen molar-refractivity contribution in [3.05, 3.63) is 29.3 Å². The molecule has 19 heavy (non-hydrogen) atoms. The van der Waals surface area contributed by atoms with E-state index in [0.29, 0.717) is 12.5 Å². The Morgan fingerprint density at radius 1 is 1.42 bits per heavy atom. The van der Waals surface area contributed by atoms with Gasteiger partial charge in [0.2, 0.25) is 0 Å². The number of nitrogen functional groups attached to an aromatic ring is 1. The van der Waals surface area contributed by atoms with Gasteiger partial charge in [0.1, 0.15) is 5.84 Å². The number of aryl methyl sites for hydroxylation is 1. The van der Waals surface area contributed by atoms with Crippen molar-refractivity contribution in [2.45, 2.75) is 20.8 Å². The third-order valence-corrected chi connectivity index (χ3v) is 2.93. The SMILES string of the molecule is COCCN(CC(C)C)c1cc(C)ccc1C(=N)N. The van der Waals surface area contributed by atoms with Gasteiger partial charge in [-0.3, -0.25) is 5.41 Å². The lowest BCUT2D eigenvalue weighted by Gasteiger charge is -2.28. The Balaban J connectivity index is 3.11. The molecule has 4 heteroatoms. The summed E-state index contributed by atoms with van der Waals surface area (Å²) in [5.74, 6) is 0.651. The molecule has 0 heterocycles. The van der Waals surface area contributed by atoms with Crippen LogP contribution in [0, 0.1) is 18.3 Å². The number of ether oxygens (including phenoxy) is 1. The summed E-state index contributed by atoms with van der Waals surface area (Å²) in [6, 6.07) is 6.01. The molecule has 0 bridgehead atoms. The third kappa shape index (κ3) is 4.56. The molecule has 106 valence electrons. The van der Waals surface area contributed by atoms with Crippen LogP contribution in [0.2, 0.25) is 0 Å². The van der Waals surface area contributed by atoms with E-state index in [4.69, 9.17) is 15.9 Å². The van der Waals surface area contributed by atoms with Gasteiger partial charge < -0.3 is 15.4 Å². The van der Waals surface area contributed by atoms with Crippen LogP contribution in [0.3, 0.4) is 0 Å². The highest BCUT2D eigenvalue weighted by Crippen LogP contribution is 2.23. The van der Waals surface area contributed by atoms with E-state index in [1.54, 1.807) is 7.11 Å². The molecule has 0 fully saturated rings. The highest BCUT2D eigenvalue weighted by molar-refractivity contribution is 6.00. The van der Waals surface area contributed by atoms with Gasteiger partial charge in [-0.1, -0.05) is 19.9 Å². The molecule has 0 unspecified atom stereocenters. The molecule has 1 aromatic rings. The lowest BCUT2D eigenvalue weighted by molar-refractivity contribution is 0.204. The Morgan fingerprint density at radius 3 is 2.63 bits per heavy atom. The number of methoxy groups -OCH3 is 1.